The molecule has 1 fully saturated rings. The molecule has 4 rings (SSSR count). The molecule has 32 heavy (non-hydrogen) atoms. The van der Waals surface area contributed by atoms with Gasteiger partial charge >= 0.3 is 0 Å². The summed E-state index contributed by atoms with van der Waals surface area (Å²) < 4.78 is 1.96. The maximum Gasteiger partial charge on any atom is 0.272 e. The summed E-state index contributed by atoms with van der Waals surface area (Å²) in [6.07, 6.45) is 3.67. The summed E-state index contributed by atoms with van der Waals surface area (Å²) in [4.78, 5) is 35.1. The smallest absolute Gasteiger partial charge is 0.272 e. The maximum absolute atomic E-state index is 13.2. The number of pyridine rings is 1. The van der Waals surface area contributed by atoms with Gasteiger partial charge in [0.25, 0.3) is 11.8 Å². The van der Waals surface area contributed by atoms with E-state index in [0.717, 1.165) is 43.8 Å². The molecule has 3 aromatic rings. The van der Waals surface area contributed by atoms with Crippen molar-refractivity contribution in [2.45, 2.75) is 32.7 Å². The average molecular weight is 434 g/mol. The van der Waals surface area contributed by atoms with Crippen molar-refractivity contribution in [2.24, 2.45) is 0 Å². The van der Waals surface area contributed by atoms with Crippen LogP contribution in [0.2, 0.25) is 0 Å². The lowest BCUT2D eigenvalue weighted by atomic mass is 10.1. The highest BCUT2D eigenvalue weighted by Gasteiger charge is 2.34. The molecule has 1 unspecified atom stereocenters. The highest BCUT2D eigenvalue weighted by Crippen LogP contribution is 2.33. The molecule has 1 atom stereocenters. The Morgan fingerprint density at radius 3 is 2.59 bits per heavy atom. The van der Waals surface area contributed by atoms with Gasteiger partial charge in [0.05, 0.1) is 11.6 Å². The lowest BCUT2D eigenvalue weighted by Crippen LogP contribution is -2.35. The van der Waals surface area contributed by atoms with Crippen molar-refractivity contribution < 1.29 is 9.59 Å². The van der Waals surface area contributed by atoms with Crippen molar-refractivity contribution in [3.05, 3.63) is 71.8 Å². The Labute approximate surface area is 189 Å². The quantitative estimate of drug-likeness (QED) is 0.591. The van der Waals surface area contributed by atoms with Crippen molar-refractivity contribution in [3.8, 4) is 0 Å². The van der Waals surface area contributed by atoms with Crippen LogP contribution in [0.5, 0.6) is 0 Å². The highest BCUT2D eigenvalue weighted by molar-refractivity contribution is 5.99. The van der Waals surface area contributed by atoms with E-state index in [2.05, 4.69) is 24.1 Å². The number of fused-ring (bicyclic) bond motifs is 1. The third-order valence-corrected chi connectivity index (χ3v) is 6.23. The van der Waals surface area contributed by atoms with Crippen molar-refractivity contribution >= 4 is 17.3 Å². The van der Waals surface area contributed by atoms with Gasteiger partial charge in [-0.15, -0.1) is 0 Å². The van der Waals surface area contributed by atoms with Crippen LogP contribution in [-0.4, -0.2) is 63.7 Å². The number of likely N-dealkylation sites (tertiary alicyclic amines) is 1. The molecule has 1 aromatic carbocycles. The molecular weight excluding hydrogens is 402 g/mol. The van der Waals surface area contributed by atoms with E-state index in [0.29, 0.717) is 24.3 Å². The molecule has 1 N–H and O–H groups in total. The molecule has 1 aliphatic rings. The molecule has 3 heterocycles. The first-order chi connectivity index (χ1) is 15.6. The summed E-state index contributed by atoms with van der Waals surface area (Å²) >= 11 is 0. The van der Waals surface area contributed by atoms with Crippen LogP contribution in [0.1, 0.15) is 59.4 Å². The van der Waals surface area contributed by atoms with Crippen LogP contribution in [0.25, 0.3) is 5.52 Å². The Balaban J connectivity index is 1.59. The lowest BCUT2D eigenvalue weighted by molar-refractivity contribution is 0.0729. The molecule has 7 heteroatoms. The number of carbonyl (C=O) groups excluding carboxylic acids is 2. The second-order valence-electron chi connectivity index (χ2n) is 8.08. The van der Waals surface area contributed by atoms with E-state index in [1.54, 1.807) is 0 Å². The molecule has 0 radical (unpaired) electrons. The predicted molar refractivity (Wildman–Crippen MR) is 125 cm³/mol. The van der Waals surface area contributed by atoms with E-state index >= 15 is 0 Å². The highest BCUT2D eigenvalue weighted by atomic mass is 16.2. The zero-order valence-electron chi connectivity index (χ0n) is 18.8. The van der Waals surface area contributed by atoms with Gasteiger partial charge in [-0.25, -0.2) is 4.98 Å². The summed E-state index contributed by atoms with van der Waals surface area (Å²) in [5.74, 6) is 0.577. The van der Waals surface area contributed by atoms with E-state index in [-0.39, 0.29) is 17.9 Å². The second-order valence-corrected chi connectivity index (χ2v) is 8.08. The first-order valence-electron chi connectivity index (χ1n) is 11.5. The number of amides is 2. The second kappa shape index (κ2) is 9.96. The van der Waals surface area contributed by atoms with Gasteiger partial charge in [0.1, 0.15) is 5.82 Å². The lowest BCUT2D eigenvalue weighted by Gasteiger charge is -2.24. The van der Waals surface area contributed by atoms with E-state index < -0.39 is 0 Å². The molecule has 0 spiro atoms. The summed E-state index contributed by atoms with van der Waals surface area (Å²) in [6, 6.07) is 14.9. The van der Waals surface area contributed by atoms with Crippen molar-refractivity contribution in [3.63, 3.8) is 0 Å². The van der Waals surface area contributed by atoms with Crippen LogP contribution in [-0.2, 0) is 0 Å². The Bertz CT molecular complexity index is 1070. The number of carbonyl (C=O) groups is 2. The van der Waals surface area contributed by atoms with Crippen LogP contribution in [0.15, 0.2) is 54.7 Å². The van der Waals surface area contributed by atoms with Gasteiger partial charge in [0, 0.05) is 31.4 Å². The number of hydrogen-bond donors (Lipinski definition) is 1. The van der Waals surface area contributed by atoms with Gasteiger partial charge in [-0.2, -0.15) is 0 Å². The fraction of sp³-hybridized carbons (Fsp3) is 0.400. The van der Waals surface area contributed by atoms with Crippen LogP contribution < -0.4 is 5.32 Å². The van der Waals surface area contributed by atoms with Gasteiger partial charge < -0.3 is 19.5 Å². The summed E-state index contributed by atoms with van der Waals surface area (Å²) in [7, 11) is 0. The van der Waals surface area contributed by atoms with Gasteiger partial charge in [0.2, 0.25) is 0 Å². The number of rotatable bonds is 8. The van der Waals surface area contributed by atoms with Gasteiger partial charge in [-0.05, 0) is 50.2 Å². The largest absolute Gasteiger partial charge is 0.349 e. The fourth-order valence-electron chi connectivity index (χ4n) is 4.44. The third kappa shape index (κ3) is 4.39. The number of nitrogens with zero attached hydrogens (tertiary/aromatic N) is 4. The molecule has 0 saturated carbocycles. The number of nitrogens with one attached hydrogen (secondary N) is 1. The van der Waals surface area contributed by atoms with Crippen molar-refractivity contribution in [1.82, 2.24) is 24.5 Å². The molecule has 1 aliphatic heterocycles. The van der Waals surface area contributed by atoms with E-state index in [9.17, 15) is 9.59 Å². The number of aromatic nitrogens is 2. The van der Waals surface area contributed by atoms with Crippen molar-refractivity contribution in [1.29, 1.82) is 0 Å². The molecule has 2 aromatic heterocycles. The van der Waals surface area contributed by atoms with E-state index in [1.165, 1.54) is 0 Å². The molecule has 0 bridgehead atoms. The summed E-state index contributed by atoms with van der Waals surface area (Å²) in [6.45, 7) is 8.21. The molecule has 7 nitrogen and oxygen atoms in total. The Kier molecular flexibility index (Phi) is 6.85. The first kappa shape index (κ1) is 22.0. The molecule has 0 aliphatic carbocycles. The fourth-order valence-corrected chi connectivity index (χ4v) is 4.44. The molecular formula is C25H31N5O2. The maximum atomic E-state index is 13.2. The third-order valence-electron chi connectivity index (χ3n) is 6.23. The Morgan fingerprint density at radius 1 is 1.09 bits per heavy atom. The van der Waals surface area contributed by atoms with Gasteiger partial charge in [0.15, 0.2) is 5.69 Å². The number of benzene rings is 1. The predicted octanol–water partition coefficient (Wildman–Crippen LogP) is 3.38. The number of hydrogen-bond acceptors (Lipinski definition) is 4. The van der Waals surface area contributed by atoms with Gasteiger partial charge in [-0.1, -0.05) is 38.1 Å². The van der Waals surface area contributed by atoms with E-state index in [1.807, 2.05) is 64.0 Å². The zero-order valence-corrected chi connectivity index (χ0v) is 18.8. The standard InChI is InChI=1S/C25H31N5O2/c1-3-28(4-2)18-15-26-24(31)22-20-13-8-9-16-29(20)23(27-22)21-14-10-17-30(21)25(32)19-11-6-5-7-12-19/h5-9,11-13,16,21H,3-4,10,14-15,17-18H2,1-2H3,(H,26,31). The molecule has 168 valence electrons. The average Bonchev–Trinajstić information content (AvgIpc) is 3.47. The Morgan fingerprint density at radius 2 is 1.84 bits per heavy atom. The minimum atomic E-state index is -0.175. The zero-order chi connectivity index (χ0) is 22.5. The Hall–Kier alpha value is -3.19. The normalized spacial score (nSPS) is 16.1. The molecule has 1 saturated heterocycles. The minimum absolute atomic E-state index is 0.00556. The summed E-state index contributed by atoms with van der Waals surface area (Å²) in [5.41, 5.74) is 1.86. The topological polar surface area (TPSA) is 70.0 Å². The monoisotopic (exact) mass is 433 g/mol. The van der Waals surface area contributed by atoms with Crippen LogP contribution in [0.3, 0.4) is 0 Å². The number of imidazole rings is 1. The first-order valence-corrected chi connectivity index (χ1v) is 11.5. The van der Waals surface area contributed by atoms with Crippen LogP contribution in [0, 0.1) is 0 Å². The minimum Gasteiger partial charge on any atom is -0.349 e. The van der Waals surface area contributed by atoms with Gasteiger partial charge in [-0.3, -0.25) is 9.59 Å². The number of likely N-dealkylation sites (N-methyl/N-ethyl adjacent to an activating group) is 1. The van der Waals surface area contributed by atoms with Crippen LogP contribution in [0.4, 0.5) is 0 Å². The summed E-state index contributed by atoms with van der Waals surface area (Å²) in [5, 5.41) is 3.02. The SMILES string of the molecule is CCN(CC)CCNC(=O)c1nc(C2CCCN2C(=O)c2ccccc2)n2ccccc12. The molecule has 2 amide bonds. The van der Waals surface area contributed by atoms with Crippen LogP contribution >= 0.6 is 0 Å². The van der Waals surface area contributed by atoms with E-state index in [4.69, 9.17) is 4.98 Å². The van der Waals surface area contributed by atoms with Crippen molar-refractivity contribution in [2.75, 3.05) is 32.7 Å².